The summed E-state index contributed by atoms with van der Waals surface area (Å²) in [5.41, 5.74) is -0.449. The van der Waals surface area contributed by atoms with E-state index in [0.29, 0.717) is 18.0 Å². The summed E-state index contributed by atoms with van der Waals surface area (Å²) in [4.78, 5) is 28.2. The predicted molar refractivity (Wildman–Crippen MR) is 84.9 cm³/mol. The number of amides is 1. The summed E-state index contributed by atoms with van der Waals surface area (Å²) in [5.74, 6) is 0.441. The van der Waals surface area contributed by atoms with E-state index in [1.807, 2.05) is 25.7 Å². The molecule has 4 atom stereocenters. The van der Waals surface area contributed by atoms with E-state index in [1.54, 1.807) is 0 Å². The second-order valence-electron chi connectivity index (χ2n) is 8.09. The molecule has 6 nitrogen and oxygen atoms in total. The zero-order valence-corrected chi connectivity index (χ0v) is 14.6. The molecule has 1 saturated carbocycles. The van der Waals surface area contributed by atoms with Crippen molar-refractivity contribution in [1.82, 2.24) is 9.80 Å². The van der Waals surface area contributed by atoms with Crippen LogP contribution in [0.5, 0.6) is 0 Å². The van der Waals surface area contributed by atoms with E-state index in [4.69, 9.17) is 9.47 Å². The third-order valence-electron chi connectivity index (χ3n) is 5.16. The quantitative estimate of drug-likeness (QED) is 0.742. The Morgan fingerprint density at radius 3 is 2.26 bits per heavy atom. The maximum atomic E-state index is 12.3. The van der Waals surface area contributed by atoms with Crippen molar-refractivity contribution >= 4 is 12.1 Å². The van der Waals surface area contributed by atoms with Gasteiger partial charge in [-0.25, -0.2) is 4.79 Å². The maximum absolute atomic E-state index is 12.3. The number of hydrogen-bond acceptors (Lipinski definition) is 5. The highest BCUT2D eigenvalue weighted by Crippen LogP contribution is 2.43. The number of esters is 1. The second-order valence-corrected chi connectivity index (χ2v) is 8.09. The number of carbonyl (C=O) groups is 2. The Morgan fingerprint density at radius 1 is 1.13 bits per heavy atom. The zero-order chi connectivity index (χ0) is 16.8. The van der Waals surface area contributed by atoms with Gasteiger partial charge in [-0.05, 0) is 46.0 Å². The van der Waals surface area contributed by atoms with Crippen LogP contribution in [0.2, 0.25) is 0 Å². The first-order chi connectivity index (χ1) is 10.8. The summed E-state index contributed by atoms with van der Waals surface area (Å²) in [6.45, 7) is 8.13. The Bertz CT molecular complexity index is 473. The lowest BCUT2D eigenvalue weighted by Gasteiger charge is -2.41. The van der Waals surface area contributed by atoms with Gasteiger partial charge in [0.15, 0.2) is 0 Å². The molecule has 0 radical (unpaired) electrons. The lowest BCUT2D eigenvalue weighted by Crippen LogP contribution is -2.56. The van der Waals surface area contributed by atoms with Crippen LogP contribution in [0.15, 0.2) is 0 Å². The van der Waals surface area contributed by atoms with Gasteiger partial charge in [0.2, 0.25) is 0 Å². The average Bonchev–Trinajstić information content (AvgIpc) is 3.18. The Labute approximate surface area is 138 Å². The number of piperazine rings is 1. The van der Waals surface area contributed by atoms with Gasteiger partial charge in [-0.2, -0.15) is 0 Å². The first-order valence-electron chi connectivity index (χ1n) is 8.60. The molecule has 3 fully saturated rings. The van der Waals surface area contributed by atoms with E-state index in [1.165, 1.54) is 7.11 Å². The Kier molecular flexibility index (Phi) is 4.29. The normalized spacial score (nSPS) is 33.5. The standard InChI is InChI=1S/C17H28N2O4/c1-17(2,3)23-16(21)18-9-12-5-6-13(10-18)19(12)8-11-7-14(11)15(20)22-4/h11-14H,5-10H2,1-4H3/t11-,12?,13?,14+/m0/s1. The van der Waals surface area contributed by atoms with Crippen LogP contribution in [-0.4, -0.2) is 66.3 Å². The van der Waals surface area contributed by atoms with E-state index in [2.05, 4.69) is 4.90 Å². The fourth-order valence-corrected chi connectivity index (χ4v) is 3.92. The van der Waals surface area contributed by atoms with Gasteiger partial charge in [0.1, 0.15) is 5.60 Å². The second kappa shape index (κ2) is 5.96. The molecule has 0 N–H and O–H groups in total. The summed E-state index contributed by atoms with van der Waals surface area (Å²) in [7, 11) is 1.46. The molecule has 0 aromatic rings. The highest BCUT2D eigenvalue weighted by Gasteiger charge is 2.49. The molecule has 23 heavy (non-hydrogen) atoms. The lowest BCUT2D eigenvalue weighted by atomic mass is 10.1. The van der Waals surface area contributed by atoms with Gasteiger partial charge in [0.25, 0.3) is 0 Å². The van der Waals surface area contributed by atoms with Crippen molar-refractivity contribution in [3.05, 3.63) is 0 Å². The topological polar surface area (TPSA) is 59.1 Å². The Morgan fingerprint density at radius 2 is 1.74 bits per heavy atom. The molecule has 2 bridgehead atoms. The van der Waals surface area contributed by atoms with Crippen LogP contribution in [-0.2, 0) is 14.3 Å². The molecule has 3 aliphatic rings. The average molecular weight is 324 g/mol. The summed E-state index contributed by atoms with van der Waals surface area (Å²) in [6.07, 6.45) is 2.99. The van der Waals surface area contributed by atoms with Crippen LogP contribution < -0.4 is 0 Å². The van der Waals surface area contributed by atoms with Crippen molar-refractivity contribution in [3.63, 3.8) is 0 Å². The van der Waals surface area contributed by atoms with Gasteiger partial charge in [-0.3, -0.25) is 9.69 Å². The SMILES string of the molecule is COC(=O)[C@@H]1C[C@H]1CN1C2CCC1CN(C(=O)OC(C)(C)C)C2. The molecule has 0 aromatic heterocycles. The molecule has 1 amide bonds. The van der Waals surface area contributed by atoms with E-state index in [0.717, 1.165) is 38.9 Å². The fraction of sp³-hybridized carbons (Fsp3) is 0.882. The van der Waals surface area contributed by atoms with Crippen LogP contribution in [0.4, 0.5) is 4.79 Å². The Hall–Kier alpha value is -1.30. The number of carbonyl (C=O) groups excluding carboxylic acids is 2. The van der Waals surface area contributed by atoms with Gasteiger partial charge >= 0.3 is 12.1 Å². The molecule has 2 unspecified atom stereocenters. The van der Waals surface area contributed by atoms with Gasteiger partial charge in [0.05, 0.1) is 13.0 Å². The van der Waals surface area contributed by atoms with Gasteiger partial charge in [-0.15, -0.1) is 0 Å². The first-order valence-corrected chi connectivity index (χ1v) is 8.60. The molecule has 3 rings (SSSR count). The van der Waals surface area contributed by atoms with Crippen molar-refractivity contribution in [2.24, 2.45) is 11.8 Å². The minimum absolute atomic E-state index is 0.0743. The minimum atomic E-state index is -0.449. The lowest BCUT2D eigenvalue weighted by molar-refractivity contribution is -0.142. The highest BCUT2D eigenvalue weighted by molar-refractivity contribution is 5.75. The molecule has 2 heterocycles. The molecular weight excluding hydrogens is 296 g/mol. The summed E-state index contributed by atoms with van der Waals surface area (Å²) < 4.78 is 10.3. The Balaban J connectivity index is 1.54. The molecular formula is C17H28N2O4. The third-order valence-corrected chi connectivity index (χ3v) is 5.16. The molecule has 0 aromatic carbocycles. The number of nitrogens with zero attached hydrogens (tertiary/aromatic N) is 2. The van der Waals surface area contributed by atoms with Gasteiger partial charge < -0.3 is 14.4 Å². The van der Waals surface area contributed by atoms with Crippen molar-refractivity contribution in [1.29, 1.82) is 0 Å². The predicted octanol–water partition coefficient (Wildman–Crippen LogP) is 1.88. The maximum Gasteiger partial charge on any atom is 0.410 e. The van der Waals surface area contributed by atoms with Crippen molar-refractivity contribution in [2.45, 2.75) is 57.7 Å². The van der Waals surface area contributed by atoms with Crippen LogP contribution in [0.3, 0.4) is 0 Å². The molecule has 0 spiro atoms. The number of methoxy groups -OCH3 is 1. The number of rotatable bonds is 3. The van der Waals surface area contributed by atoms with Crippen molar-refractivity contribution < 1.29 is 19.1 Å². The van der Waals surface area contributed by atoms with E-state index < -0.39 is 5.60 Å². The first kappa shape index (κ1) is 16.6. The van der Waals surface area contributed by atoms with Gasteiger partial charge in [-0.1, -0.05) is 0 Å². The van der Waals surface area contributed by atoms with Crippen molar-refractivity contribution in [3.8, 4) is 0 Å². The molecule has 130 valence electrons. The van der Waals surface area contributed by atoms with Crippen LogP contribution in [0.25, 0.3) is 0 Å². The third kappa shape index (κ3) is 3.62. The smallest absolute Gasteiger partial charge is 0.410 e. The number of hydrogen-bond donors (Lipinski definition) is 0. The van der Waals surface area contributed by atoms with Crippen LogP contribution >= 0.6 is 0 Å². The summed E-state index contributed by atoms with van der Waals surface area (Å²) >= 11 is 0. The van der Waals surface area contributed by atoms with Gasteiger partial charge in [0, 0.05) is 31.7 Å². The van der Waals surface area contributed by atoms with E-state index in [-0.39, 0.29) is 18.0 Å². The minimum Gasteiger partial charge on any atom is -0.469 e. The summed E-state index contributed by atoms with van der Waals surface area (Å²) in [5, 5.41) is 0. The van der Waals surface area contributed by atoms with Crippen LogP contribution in [0, 0.1) is 11.8 Å². The van der Waals surface area contributed by atoms with Crippen molar-refractivity contribution in [2.75, 3.05) is 26.7 Å². The molecule has 2 aliphatic heterocycles. The summed E-state index contributed by atoms with van der Waals surface area (Å²) in [6, 6.07) is 0.806. The van der Waals surface area contributed by atoms with E-state index >= 15 is 0 Å². The largest absolute Gasteiger partial charge is 0.469 e. The number of likely N-dealkylation sites (tertiary alicyclic amines) is 1. The van der Waals surface area contributed by atoms with E-state index in [9.17, 15) is 9.59 Å². The molecule has 6 heteroatoms. The number of fused-ring (bicyclic) bond motifs is 2. The van der Waals surface area contributed by atoms with Crippen LogP contribution in [0.1, 0.15) is 40.0 Å². The highest BCUT2D eigenvalue weighted by atomic mass is 16.6. The number of ether oxygens (including phenoxy) is 2. The molecule has 2 saturated heterocycles. The molecule has 1 aliphatic carbocycles. The monoisotopic (exact) mass is 324 g/mol. The fourth-order valence-electron chi connectivity index (χ4n) is 3.92. The zero-order valence-electron chi connectivity index (χ0n) is 14.6.